The number of carbonyl (C=O) groups excluding carboxylic acids is 1. The Hall–Kier alpha value is -1.40. The molecular weight excluding hydrogens is 383 g/mol. The van der Waals surface area contributed by atoms with Gasteiger partial charge in [-0.3, -0.25) is 8.98 Å². The fourth-order valence-corrected chi connectivity index (χ4v) is 3.51. The average molecular weight is 401 g/mol. The van der Waals surface area contributed by atoms with Crippen molar-refractivity contribution in [3.63, 3.8) is 0 Å². The Labute approximate surface area is 157 Å². The summed E-state index contributed by atoms with van der Waals surface area (Å²) in [5.41, 5.74) is 0.578. The highest BCUT2D eigenvalue weighted by Gasteiger charge is 2.18. The molecule has 134 valence electrons. The van der Waals surface area contributed by atoms with Crippen LogP contribution in [0, 0.1) is 0 Å². The Bertz CT molecular complexity index is 846. The van der Waals surface area contributed by atoms with Gasteiger partial charge in [0.05, 0.1) is 16.5 Å². The normalized spacial score (nSPS) is 11.5. The number of hydrogen-bond acceptors (Lipinski definition) is 4. The molecule has 0 unspecified atom stereocenters. The number of carbonyl (C=O) groups is 1. The molecule has 0 aromatic heterocycles. The molecule has 0 aliphatic rings. The summed E-state index contributed by atoms with van der Waals surface area (Å²) < 4.78 is 29.2. The van der Waals surface area contributed by atoms with E-state index in [9.17, 15) is 13.2 Å². The third-order valence-electron chi connectivity index (χ3n) is 3.56. The number of unbranched alkanes of at least 4 members (excludes halogenated alkanes) is 2. The van der Waals surface area contributed by atoms with Crippen LogP contribution in [0.2, 0.25) is 10.0 Å². The predicted molar refractivity (Wildman–Crippen MR) is 99.0 cm³/mol. The molecular formula is C18H18Cl2O4S. The molecule has 0 spiro atoms. The van der Waals surface area contributed by atoms with Gasteiger partial charge in [-0.25, -0.2) is 0 Å². The second kappa shape index (κ2) is 8.81. The number of benzene rings is 2. The van der Waals surface area contributed by atoms with Gasteiger partial charge < -0.3 is 0 Å². The highest BCUT2D eigenvalue weighted by molar-refractivity contribution is 7.86. The first-order valence-electron chi connectivity index (χ1n) is 7.84. The maximum Gasteiger partial charge on any atom is 0.296 e. The molecule has 0 aliphatic heterocycles. The van der Waals surface area contributed by atoms with Crippen LogP contribution >= 0.6 is 23.2 Å². The molecule has 0 saturated heterocycles. The lowest BCUT2D eigenvalue weighted by atomic mass is 10.0. The SMILES string of the molecule is CCCCCOS(=O)(=O)c1ccc(C(=O)c2cc(Cl)ccc2Cl)cc1. The van der Waals surface area contributed by atoms with Crippen LogP contribution in [-0.4, -0.2) is 20.8 Å². The zero-order chi connectivity index (χ0) is 18.4. The number of ketones is 1. The Morgan fingerprint density at radius 3 is 2.36 bits per heavy atom. The van der Waals surface area contributed by atoms with Crippen LogP contribution in [0.3, 0.4) is 0 Å². The molecule has 25 heavy (non-hydrogen) atoms. The molecule has 0 bridgehead atoms. The van der Waals surface area contributed by atoms with Crippen LogP contribution in [0.5, 0.6) is 0 Å². The van der Waals surface area contributed by atoms with Crippen LogP contribution in [0.4, 0.5) is 0 Å². The van der Waals surface area contributed by atoms with Crippen molar-refractivity contribution in [3.8, 4) is 0 Å². The van der Waals surface area contributed by atoms with Gasteiger partial charge in [-0.2, -0.15) is 8.42 Å². The van der Waals surface area contributed by atoms with Crippen LogP contribution in [-0.2, 0) is 14.3 Å². The zero-order valence-electron chi connectivity index (χ0n) is 13.7. The van der Waals surface area contributed by atoms with Crippen molar-refractivity contribution in [2.75, 3.05) is 6.61 Å². The molecule has 0 saturated carbocycles. The van der Waals surface area contributed by atoms with Crippen molar-refractivity contribution < 1.29 is 17.4 Å². The van der Waals surface area contributed by atoms with Gasteiger partial charge in [-0.05, 0) is 48.9 Å². The molecule has 0 atom stereocenters. The van der Waals surface area contributed by atoms with Gasteiger partial charge in [0.15, 0.2) is 5.78 Å². The fourth-order valence-electron chi connectivity index (χ4n) is 2.19. The number of hydrogen-bond donors (Lipinski definition) is 0. The molecule has 2 aromatic rings. The molecule has 0 heterocycles. The minimum absolute atomic E-state index is 0.0118. The predicted octanol–water partition coefficient (Wildman–Crippen LogP) is 5.12. The topological polar surface area (TPSA) is 60.4 Å². The van der Waals surface area contributed by atoms with E-state index in [1.54, 1.807) is 12.1 Å². The second-order valence-electron chi connectivity index (χ2n) is 5.46. The van der Waals surface area contributed by atoms with Gasteiger partial charge in [0.25, 0.3) is 10.1 Å². The third kappa shape index (κ3) is 5.28. The van der Waals surface area contributed by atoms with Gasteiger partial charge in [-0.15, -0.1) is 0 Å². The van der Waals surface area contributed by atoms with Gasteiger partial charge >= 0.3 is 0 Å². The van der Waals surface area contributed by atoms with E-state index in [0.717, 1.165) is 12.8 Å². The van der Waals surface area contributed by atoms with E-state index in [0.29, 0.717) is 17.0 Å². The van der Waals surface area contributed by atoms with Crippen LogP contribution in [0.25, 0.3) is 0 Å². The quantitative estimate of drug-likeness (QED) is 0.350. The highest BCUT2D eigenvalue weighted by atomic mass is 35.5. The van der Waals surface area contributed by atoms with Crippen LogP contribution < -0.4 is 0 Å². The standard InChI is InChI=1S/C18H18Cl2O4S/c1-2-3-4-11-24-25(22,23)15-8-5-13(6-9-15)18(21)16-12-14(19)7-10-17(16)20/h5-10,12H,2-4,11H2,1H3. The summed E-state index contributed by atoms with van der Waals surface area (Å²) in [6.07, 6.45) is 2.56. The Balaban J connectivity index is 2.16. The minimum atomic E-state index is -3.82. The van der Waals surface area contributed by atoms with Crippen LogP contribution in [0.15, 0.2) is 47.4 Å². The fraction of sp³-hybridized carbons (Fsp3) is 0.278. The Morgan fingerprint density at radius 1 is 1.04 bits per heavy atom. The summed E-state index contributed by atoms with van der Waals surface area (Å²) in [6.45, 7) is 2.17. The van der Waals surface area contributed by atoms with E-state index in [1.165, 1.54) is 30.3 Å². The zero-order valence-corrected chi connectivity index (χ0v) is 16.0. The maximum atomic E-state index is 12.5. The lowest BCUT2D eigenvalue weighted by molar-refractivity contribution is 0.103. The Morgan fingerprint density at radius 2 is 1.72 bits per heavy atom. The van der Waals surface area contributed by atoms with Crippen molar-refractivity contribution in [1.29, 1.82) is 0 Å². The molecule has 0 amide bonds. The monoisotopic (exact) mass is 400 g/mol. The van der Waals surface area contributed by atoms with Crippen molar-refractivity contribution in [3.05, 3.63) is 63.6 Å². The molecule has 7 heteroatoms. The molecule has 0 fully saturated rings. The van der Waals surface area contributed by atoms with Gasteiger partial charge in [0.1, 0.15) is 0 Å². The molecule has 2 aromatic carbocycles. The van der Waals surface area contributed by atoms with E-state index in [4.69, 9.17) is 27.4 Å². The first kappa shape index (κ1) is 19.9. The van der Waals surface area contributed by atoms with E-state index < -0.39 is 10.1 Å². The summed E-state index contributed by atoms with van der Waals surface area (Å²) in [5, 5.41) is 0.679. The second-order valence-corrected chi connectivity index (χ2v) is 7.92. The molecule has 4 nitrogen and oxygen atoms in total. The molecule has 0 aliphatic carbocycles. The van der Waals surface area contributed by atoms with Crippen molar-refractivity contribution in [2.45, 2.75) is 31.1 Å². The maximum absolute atomic E-state index is 12.5. The lowest BCUT2D eigenvalue weighted by Crippen LogP contribution is -2.08. The van der Waals surface area contributed by atoms with E-state index in [1.807, 2.05) is 6.92 Å². The van der Waals surface area contributed by atoms with E-state index >= 15 is 0 Å². The van der Waals surface area contributed by atoms with Gasteiger partial charge in [-0.1, -0.05) is 43.0 Å². The number of rotatable bonds is 8. The lowest BCUT2D eigenvalue weighted by Gasteiger charge is -2.07. The molecule has 0 N–H and O–H groups in total. The van der Waals surface area contributed by atoms with Crippen molar-refractivity contribution >= 4 is 39.1 Å². The van der Waals surface area contributed by atoms with Crippen molar-refractivity contribution in [2.24, 2.45) is 0 Å². The largest absolute Gasteiger partial charge is 0.296 e. The summed E-state index contributed by atoms with van der Waals surface area (Å²) in [5.74, 6) is -0.333. The summed E-state index contributed by atoms with van der Waals surface area (Å²) in [4.78, 5) is 12.5. The molecule has 0 radical (unpaired) electrons. The number of halogens is 2. The summed E-state index contributed by atoms with van der Waals surface area (Å²) in [7, 11) is -3.82. The smallest absolute Gasteiger partial charge is 0.289 e. The van der Waals surface area contributed by atoms with E-state index in [-0.39, 0.29) is 27.9 Å². The average Bonchev–Trinajstić information content (AvgIpc) is 2.60. The summed E-state index contributed by atoms with van der Waals surface area (Å²) in [6, 6.07) is 10.2. The van der Waals surface area contributed by atoms with Crippen LogP contribution in [0.1, 0.15) is 42.1 Å². The third-order valence-corrected chi connectivity index (χ3v) is 5.46. The first-order valence-corrected chi connectivity index (χ1v) is 10.0. The van der Waals surface area contributed by atoms with Crippen molar-refractivity contribution in [1.82, 2.24) is 0 Å². The highest BCUT2D eigenvalue weighted by Crippen LogP contribution is 2.24. The molecule has 2 rings (SSSR count). The summed E-state index contributed by atoms with van der Waals surface area (Å²) >= 11 is 11.9. The van der Waals surface area contributed by atoms with Gasteiger partial charge in [0.2, 0.25) is 0 Å². The Kier molecular flexibility index (Phi) is 7.02. The van der Waals surface area contributed by atoms with E-state index in [2.05, 4.69) is 0 Å². The minimum Gasteiger partial charge on any atom is -0.289 e. The van der Waals surface area contributed by atoms with Gasteiger partial charge in [0, 0.05) is 16.1 Å². The first-order chi connectivity index (χ1) is 11.8.